The Kier molecular flexibility index (Phi) is 3.17. The summed E-state index contributed by atoms with van der Waals surface area (Å²) in [6.07, 6.45) is 1.04. The van der Waals surface area contributed by atoms with Crippen LogP contribution in [0.5, 0.6) is 0 Å². The Hall–Kier alpha value is -1.78. The first-order valence-corrected chi connectivity index (χ1v) is 5.34. The summed E-state index contributed by atoms with van der Waals surface area (Å²) >= 11 is 0. The fraction of sp³-hybridized carbons (Fsp3) is 0.333. The van der Waals surface area contributed by atoms with Gasteiger partial charge >= 0.3 is 0 Å². The van der Waals surface area contributed by atoms with Crippen LogP contribution in [-0.2, 0) is 4.79 Å². The van der Waals surface area contributed by atoms with Gasteiger partial charge in [-0.25, -0.2) is 8.78 Å². The predicted molar refractivity (Wildman–Crippen MR) is 56.5 cm³/mol. The smallest absolute Gasteiger partial charge is 0.257 e. The number of benzene rings is 1. The first-order chi connectivity index (χ1) is 8.08. The summed E-state index contributed by atoms with van der Waals surface area (Å²) in [5.41, 5.74) is -0.193. The molecule has 5 heteroatoms. The fourth-order valence-corrected chi connectivity index (χ4v) is 1.84. The van der Waals surface area contributed by atoms with Crippen LogP contribution in [0.25, 0.3) is 0 Å². The maximum Gasteiger partial charge on any atom is 0.257 e. The normalized spacial score (nSPS) is 16.1. The number of amides is 1. The lowest BCUT2D eigenvalue weighted by molar-refractivity contribution is -0.121. The van der Waals surface area contributed by atoms with E-state index in [9.17, 15) is 18.4 Å². The Labute approximate surface area is 97.0 Å². The number of hydrogen-bond donors (Lipinski definition) is 0. The van der Waals surface area contributed by atoms with Gasteiger partial charge in [-0.2, -0.15) is 0 Å². The van der Waals surface area contributed by atoms with Gasteiger partial charge in [0.05, 0.1) is 12.1 Å². The third-order valence-corrected chi connectivity index (χ3v) is 2.70. The molecule has 0 spiro atoms. The molecule has 0 atom stereocenters. The number of carbonyl (C=O) groups excluding carboxylic acids is 2. The fourth-order valence-electron chi connectivity index (χ4n) is 1.84. The summed E-state index contributed by atoms with van der Waals surface area (Å²) in [5, 5.41) is 0. The zero-order valence-electron chi connectivity index (χ0n) is 9.08. The highest BCUT2D eigenvalue weighted by atomic mass is 19.1. The van der Waals surface area contributed by atoms with Gasteiger partial charge in [-0.1, -0.05) is 0 Å². The molecule has 1 aliphatic rings. The number of halogens is 2. The zero-order valence-corrected chi connectivity index (χ0v) is 9.08. The number of hydrogen-bond acceptors (Lipinski definition) is 2. The quantitative estimate of drug-likeness (QED) is 0.749. The maximum atomic E-state index is 13.4. The summed E-state index contributed by atoms with van der Waals surface area (Å²) in [6.45, 7) is 0.442. The van der Waals surface area contributed by atoms with Gasteiger partial charge in [0, 0.05) is 19.0 Å². The lowest BCUT2D eigenvalue weighted by Gasteiger charge is -2.25. The molecule has 1 aliphatic heterocycles. The first-order valence-electron chi connectivity index (χ1n) is 5.34. The molecule has 0 bridgehead atoms. The Morgan fingerprint density at radius 1 is 1.29 bits per heavy atom. The second kappa shape index (κ2) is 4.61. The summed E-state index contributed by atoms with van der Waals surface area (Å²) in [7, 11) is 0. The van der Waals surface area contributed by atoms with E-state index in [1.54, 1.807) is 0 Å². The number of Topliss-reactive ketones (excluding diaryl/α,β-unsaturated/α-hetero) is 1. The summed E-state index contributed by atoms with van der Waals surface area (Å²) in [5.74, 6) is -2.22. The number of carbonyl (C=O) groups is 2. The van der Waals surface area contributed by atoms with Crippen LogP contribution < -0.4 is 0 Å². The molecule has 90 valence electrons. The lowest BCUT2D eigenvalue weighted by atomic mass is 10.1. The van der Waals surface area contributed by atoms with Gasteiger partial charge in [0.2, 0.25) is 0 Å². The molecule has 0 N–H and O–H groups in total. The second-order valence-electron chi connectivity index (χ2n) is 3.99. The Morgan fingerprint density at radius 2 is 2.06 bits per heavy atom. The van der Waals surface area contributed by atoms with E-state index in [-0.39, 0.29) is 17.9 Å². The second-order valence-corrected chi connectivity index (χ2v) is 3.99. The molecule has 0 aromatic heterocycles. The van der Waals surface area contributed by atoms with Crippen LogP contribution in [0.15, 0.2) is 18.2 Å². The van der Waals surface area contributed by atoms with E-state index in [4.69, 9.17) is 0 Å². The first kappa shape index (κ1) is 11.7. The van der Waals surface area contributed by atoms with Crippen LogP contribution >= 0.6 is 0 Å². The van der Waals surface area contributed by atoms with Gasteiger partial charge < -0.3 is 4.90 Å². The van der Waals surface area contributed by atoms with Crippen molar-refractivity contribution in [2.45, 2.75) is 12.8 Å². The highest BCUT2D eigenvalue weighted by Crippen LogP contribution is 2.15. The summed E-state index contributed by atoms with van der Waals surface area (Å²) < 4.78 is 26.1. The molecule has 2 rings (SSSR count). The minimum atomic E-state index is -0.895. The van der Waals surface area contributed by atoms with Crippen molar-refractivity contribution >= 4 is 11.7 Å². The summed E-state index contributed by atoms with van der Waals surface area (Å²) in [4.78, 5) is 24.4. The van der Waals surface area contributed by atoms with E-state index in [1.807, 2.05) is 0 Å². The molecular formula is C12H11F2NO2. The van der Waals surface area contributed by atoms with Crippen molar-refractivity contribution in [3.05, 3.63) is 35.4 Å². The van der Waals surface area contributed by atoms with Gasteiger partial charge in [-0.3, -0.25) is 9.59 Å². The largest absolute Gasteiger partial charge is 0.331 e. The molecule has 1 fully saturated rings. The molecule has 17 heavy (non-hydrogen) atoms. The van der Waals surface area contributed by atoms with Gasteiger partial charge in [0.25, 0.3) is 5.91 Å². The Bertz CT molecular complexity index is 474. The maximum absolute atomic E-state index is 13.4. The van der Waals surface area contributed by atoms with Gasteiger partial charge in [-0.05, 0) is 18.6 Å². The topological polar surface area (TPSA) is 37.4 Å². The van der Waals surface area contributed by atoms with Gasteiger partial charge in [0.1, 0.15) is 11.6 Å². The number of rotatable bonds is 1. The van der Waals surface area contributed by atoms with Crippen LogP contribution in [-0.4, -0.2) is 29.7 Å². The molecule has 1 amide bonds. The van der Waals surface area contributed by atoms with E-state index in [0.717, 1.165) is 12.1 Å². The molecule has 0 saturated carbocycles. The molecule has 0 unspecified atom stereocenters. The van der Waals surface area contributed by atoms with Crippen molar-refractivity contribution in [2.75, 3.05) is 13.1 Å². The van der Waals surface area contributed by atoms with E-state index >= 15 is 0 Å². The van der Waals surface area contributed by atoms with E-state index in [2.05, 4.69) is 0 Å². The highest BCUT2D eigenvalue weighted by Gasteiger charge is 2.24. The SMILES string of the molecule is O=C1CCCN(C(=O)c2ccc(F)cc2F)C1. The Morgan fingerprint density at radius 3 is 2.71 bits per heavy atom. The van der Waals surface area contributed by atoms with Crippen molar-refractivity contribution in [2.24, 2.45) is 0 Å². The Balaban J connectivity index is 2.21. The molecule has 1 aromatic carbocycles. The van der Waals surface area contributed by atoms with E-state index in [0.29, 0.717) is 25.5 Å². The summed E-state index contributed by atoms with van der Waals surface area (Å²) in [6, 6.07) is 2.80. The average molecular weight is 239 g/mol. The molecule has 0 radical (unpaired) electrons. The standard InChI is InChI=1S/C12H11F2NO2/c13-8-3-4-10(11(14)6-8)12(17)15-5-1-2-9(16)7-15/h3-4,6H,1-2,5,7H2. The van der Waals surface area contributed by atoms with Gasteiger partial charge in [0.15, 0.2) is 5.78 Å². The van der Waals surface area contributed by atoms with Crippen LogP contribution in [0.4, 0.5) is 8.78 Å². The molecule has 1 heterocycles. The molecule has 1 aromatic rings. The molecule has 3 nitrogen and oxygen atoms in total. The van der Waals surface area contributed by atoms with Crippen molar-refractivity contribution in [3.8, 4) is 0 Å². The van der Waals surface area contributed by atoms with E-state index < -0.39 is 17.5 Å². The molecule has 0 aliphatic carbocycles. The number of nitrogens with zero attached hydrogens (tertiary/aromatic N) is 1. The third-order valence-electron chi connectivity index (χ3n) is 2.70. The average Bonchev–Trinajstić information content (AvgIpc) is 2.28. The van der Waals surface area contributed by atoms with Crippen LogP contribution in [0.3, 0.4) is 0 Å². The van der Waals surface area contributed by atoms with Crippen LogP contribution in [0.1, 0.15) is 23.2 Å². The van der Waals surface area contributed by atoms with Crippen molar-refractivity contribution in [3.63, 3.8) is 0 Å². The van der Waals surface area contributed by atoms with Crippen LogP contribution in [0, 0.1) is 11.6 Å². The monoisotopic (exact) mass is 239 g/mol. The lowest BCUT2D eigenvalue weighted by Crippen LogP contribution is -2.40. The molecule has 1 saturated heterocycles. The van der Waals surface area contributed by atoms with Crippen molar-refractivity contribution < 1.29 is 18.4 Å². The molecular weight excluding hydrogens is 228 g/mol. The number of piperidine rings is 1. The minimum Gasteiger partial charge on any atom is -0.331 e. The van der Waals surface area contributed by atoms with Crippen molar-refractivity contribution in [1.29, 1.82) is 0 Å². The van der Waals surface area contributed by atoms with Crippen molar-refractivity contribution in [1.82, 2.24) is 4.90 Å². The van der Waals surface area contributed by atoms with Crippen LogP contribution in [0.2, 0.25) is 0 Å². The third kappa shape index (κ3) is 2.49. The zero-order chi connectivity index (χ0) is 12.4. The van der Waals surface area contributed by atoms with Gasteiger partial charge in [-0.15, -0.1) is 0 Å². The minimum absolute atomic E-state index is 0.00957. The predicted octanol–water partition coefficient (Wildman–Crippen LogP) is 1.77. The number of likely N-dealkylation sites (tertiary alicyclic amines) is 1. The highest BCUT2D eigenvalue weighted by molar-refractivity contribution is 5.97. The van der Waals surface area contributed by atoms with E-state index in [1.165, 1.54) is 4.90 Å². The number of ketones is 1.